The molecule has 1 fully saturated rings. The number of rotatable bonds is 9. The Morgan fingerprint density at radius 3 is 2.54 bits per heavy atom. The summed E-state index contributed by atoms with van der Waals surface area (Å²) in [6.45, 7) is 2.92. The zero-order valence-electron chi connectivity index (χ0n) is 15.1. The van der Waals surface area contributed by atoms with Gasteiger partial charge in [-0.05, 0) is 38.0 Å². The first-order valence-electron chi connectivity index (χ1n) is 8.66. The molecule has 1 rings (SSSR count). The molecule has 1 atom stereocenters. The fourth-order valence-corrected chi connectivity index (χ4v) is 2.92. The Bertz CT molecular complexity index is 507. The average Bonchev–Trinajstić information content (AvgIpc) is 2.57. The van der Waals surface area contributed by atoms with Gasteiger partial charge in [0.25, 0.3) is 5.96 Å². The topological polar surface area (TPSA) is 169 Å². The van der Waals surface area contributed by atoms with E-state index in [1.54, 1.807) is 4.90 Å². The highest BCUT2D eigenvalue weighted by Crippen LogP contribution is 2.21. The molecule has 0 saturated carbocycles. The number of hydrazine groups is 1. The van der Waals surface area contributed by atoms with Crippen LogP contribution >= 0.6 is 0 Å². The van der Waals surface area contributed by atoms with Crippen LogP contribution in [0, 0.1) is 21.4 Å². The lowest BCUT2D eigenvalue weighted by molar-refractivity contribution is -0.629. The molecule has 148 valence electrons. The standard InChI is InChI=1S/C15H28N6O5/c1-11(22)26-10-6-12-4-8-19(9-5-12)14(23)13(16)3-2-7-20(15(17)18)21(24)25/h12-13H,2-10,16H2,1H3,(H3,17,18)/t13-/m0/s1. The summed E-state index contributed by atoms with van der Waals surface area (Å²) in [6.07, 6.45) is 3.02. The van der Waals surface area contributed by atoms with Crippen LogP contribution < -0.4 is 11.5 Å². The quantitative estimate of drug-likeness (QED) is 0.162. The van der Waals surface area contributed by atoms with Crippen LogP contribution in [0.4, 0.5) is 0 Å². The number of esters is 1. The molecule has 0 radical (unpaired) electrons. The highest BCUT2D eigenvalue weighted by molar-refractivity contribution is 5.81. The van der Waals surface area contributed by atoms with Gasteiger partial charge in [-0.25, -0.2) is 10.1 Å². The van der Waals surface area contributed by atoms with Crippen molar-refractivity contribution >= 4 is 17.8 Å². The second-order valence-electron chi connectivity index (χ2n) is 6.39. The molecule has 1 aliphatic heterocycles. The molecule has 0 unspecified atom stereocenters. The summed E-state index contributed by atoms with van der Waals surface area (Å²) in [4.78, 5) is 35.6. The zero-order chi connectivity index (χ0) is 19.7. The SMILES string of the molecule is CC(=O)OCCC1CCN(C(=O)[C@@H](N)CCCN(C(=N)N)[N+](=O)[O-])CC1. The predicted octanol–water partition coefficient (Wildman–Crippen LogP) is -0.327. The lowest BCUT2D eigenvalue weighted by Gasteiger charge is -2.33. The van der Waals surface area contributed by atoms with Crippen LogP contribution in [0.1, 0.15) is 39.0 Å². The number of likely N-dealkylation sites (tertiary alicyclic amines) is 1. The maximum atomic E-state index is 12.4. The third-order valence-electron chi connectivity index (χ3n) is 4.44. The molecule has 1 amide bonds. The first kappa shape index (κ1) is 21.6. The molecule has 1 saturated heterocycles. The van der Waals surface area contributed by atoms with Crippen LogP contribution in [0.2, 0.25) is 0 Å². The van der Waals surface area contributed by atoms with Gasteiger partial charge >= 0.3 is 5.97 Å². The third kappa shape index (κ3) is 7.21. The van der Waals surface area contributed by atoms with Crippen molar-refractivity contribution in [2.75, 3.05) is 26.2 Å². The van der Waals surface area contributed by atoms with Gasteiger partial charge in [-0.2, -0.15) is 0 Å². The summed E-state index contributed by atoms with van der Waals surface area (Å²) in [5, 5.41) is 17.6. The molecule has 0 aliphatic carbocycles. The molecule has 11 heteroatoms. The Kier molecular flexibility index (Phi) is 8.76. The number of hydrogen-bond donors (Lipinski definition) is 3. The Hall–Kier alpha value is -2.43. The molecule has 5 N–H and O–H groups in total. The smallest absolute Gasteiger partial charge is 0.302 e. The number of carbonyl (C=O) groups is 2. The largest absolute Gasteiger partial charge is 0.466 e. The van der Waals surface area contributed by atoms with E-state index in [0.29, 0.717) is 30.6 Å². The van der Waals surface area contributed by atoms with Gasteiger partial charge in [-0.15, -0.1) is 0 Å². The van der Waals surface area contributed by atoms with E-state index in [1.807, 2.05) is 0 Å². The molecule has 11 nitrogen and oxygen atoms in total. The molecule has 0 bridgehead atoms. The third-order valence-corrected chi connectivity index (χ3v) is 4.44. The van der Waals surface area contributed by atoms with Crippen LogP contribution in [0.25, 0.3) is 0 Å². The number of hydrogen-bond acceptors (Lipinski definition) is 7. The zero-order valence-corrected chi connectivity index (χ0v) is 15.1. The average molecular weight is 372 g/mol. The van der Waals surface area contributed by atoms with E-state index in [4.69, 9.17) is 21.6 Å². The van der Waals surface area contributed by atoms with E-state index in [0.717, 1.165) is 19.3 Å². The molecule has 0 aromatic heterocycles. The van der Waals surface area contributed by atoms with Crippen molar-refractivity contribution in [3.63, 3.8) is 0 Å². The van der Waals surface area contributed by atoms with Crippen LogP contribution in [0.15, 0.2) is 0 Å². The van der Waals surface area contributed by atoms with Crippen LogP contribution in [-0.2, 0) is 14.3 Å². The van der Waals surface area contributed by atoms with Gasteiger partial charge in [0.15, 0.2) is 5.03 Å². The number of ether oxygens (including phenoxy) is 1. The summed E-state index contributed by atoms with van der Waals surface area (Å²) < 4.78 is 4.94. The summed E-state index contributed by atoms with van der Waals surface area (Å²) in [6, 6.07) is -0.729. The number of amides is 1. The van der Waals surface area contributed by atoms with Crippen molar-refractivity contribution in [2.24, 2.45) is 17.4 Å². The lowest BCUT2D eigenvalue weighted by Crippen LogP contribution is -2.47. The van der Waals surface area contributed by atoms with Crippen molar-refractivity contribution in [3.8, 4) is 0 Å². The second-order valence-corrected chi connectivity index (χ2v) is 6.39. The number of guanidine groups is 1. The molecule has 1 aliphatic rings. The number of nitrogens with zero attached hydrogens (tertiary/aromatic N) is 3. The second kappa shape index (κ2) is 10.5. The van der Waals surface area contributed by atoms with Crippen LogP contribution in [0.5, 0.6) is 0 Å². The van der Waals surface area contributed by atoms with Crippen LogP contribution in [-0.4, -0.2) is 65.1 Å². The van der Waals surface area contributed by atoms with Crippen molar-refractivity contribution in [2.45, 2.75) is 45.1 Å². The van der Waals surface area contributed by atoms with Gasteiger partial charge in [-0.3, -0.25) is 15.0 Å². The van der Waals surface area contributed by atoms with Crippen molar-refractivity contribution in [3.05, 3.63) is 10.1 Å². The number of piperidine rings is 1. The highest BCUT2D eigenvalue weighted by atomic mass is 16.7. The number of nitrogens with two attached hydrogens (primary N) is 2. The van der Waals surface area contributed by atoms with E-state index < -0.39 is 17.0 Å². The maximum Gasteiger partial charge on any atom is 0.302 e. The van der Waals surface area contributed by atoms with Crippen molar-refractivity contribution in [1.29, 1.82) is 5.41 Å². The van der Waals surface area contributed by atoms with Crippen LogP contribution in [0.3, 0.4) is 0 Å². The van der Waals surface area contributed by atoms with E-state index in [2.05, 4.69) is 0 Å². The van der Waals surface area contributed by atoms with Crippen molar-refractivity contribution < 1.29 is 19.4 Å². The minimum Gasteiger partial charge on any atom is -0.466 e. The Labute approximate surface area is 152 Å². The normalized spacial score (nSPS) is 16.0. The number of nitrogens with one attached hydrogen (secondary N) is 1. The molecule has 1 heterocycles. The van der Waals surface area contributed by atoms with Gasteiger partial charge in [0.1, 0.15) is 0 Å². The maximum absolute atomic E-state index is 12.4. The summed E-state index contributed by atoms with van der Waals surface area (Å²) in [7, 11) is 0. The first-order valence-corrected chi connectivity index (χ1v) is 8.66. The summed E-state index contributed by atoms with van der Waals surface area (Å²) >= 11 is 0. The minimum absolute atomic E-state index is 0.0679. The molecular weight excluding hydrogens is 344 g/mol. The fourth-order valence-electron chi connectivity index (χ4n) is 2.92. The van der Waals surface area contributed by atoms with E-state index in [9.17, 15) is 19.7 Å². The molecule has 26 heavy (non-hydrogen) atoms. The van der Waals surface area contributed by atoms with Gasteiger partial charge < -0.3 is 21.1 Å². The molecular formula is C15H28N6O5. The monoisotopic (exact) mass is 372 g/mol. The van der Waals surface area contributed by atoms with Gasteiger partial charge in [0.05, 0.1) is 19.2 Å². The Morgan fingerprint density at radius 1 is 1.42 bits per heavy atom. The minimum atomic E-state index is -0.754. The number of carbonyl (C=O) groups excluding carboxylic acids is 2. The highest BCUT2D eigenvalue weighted by Gasteiger charge is 2.27. The first-order chi connectivity index (χ1) is 12.2. The summed E-state index contributed by atoms with van der Waals surface area (Å²) in [5.74, 6) is -0.688. The Morgan fingerprint density at radius 2 is 2.04 bits per heavy atom. The molecule has 0 aromatic rings. The Balaban J connectivity index is 2.31. The lowest BCUT2D eigenvalue weighted by atomic mass is 9.93. The molecule has 0 spiro atoms. The molecule has 0 aromatic carbocycles. The van der Waals surface area contributed by atoms with Gasteiger partial charge in [0, 0.05) is 20.0 Å². The van der Waals surface area contributed by atoms with E-state index in [1.165, 1.54) is 6.92 Å². The van der Waals surface area contributed by atoms with Gasteiger partial charge in [0.2, 0.25) is 5.91 Å². The fraction of sp³-hybridized carbons (Fsp3) is 0.800. The summed E-state index contributed by atoms with van der Waals surface area (Å²) in [5.41, 5.74) is 11.0. The van der Waals surface area contributed by atoms with Crippen molar-refractivity contribution in [1.82, 2.24) is 9.91 Å². The number of nitro groups is 1. The van der Waals surface area contributed by atoms with Gasteiger partial charge in [-0.1, -0.05) is 5.01 Å². The van der Waals surface area contributed by atoms with E-state index in [-0.39, 0.29) is 31.3 Å². The predicted molar refractivity (Wildman–Crippen MR) is 93.4 cm³/mol. The van der Waals surface area contributed by atoms with E-state index >= 15 is 0 Å².